The Morgan fingerprint density at radius 1 is 1.00 bits per heavy atom. The molecule has 2 rings (SSSR count). The van der Waals surface area contributed by atoms with Crippen LogP contribution >= 0.6 is 23.4 Å². The minimum Gasteiger partial charge on any atom is -0.495 e. The fourth-order valence-electron chi connectivity index (χ4n) is 2.76. The van der Waals surface area contributed by atoms with Gasteiger partial charge >= 0.3 is 0 Å². The van der Waals surface area contributed by atoms with Crippen molar-refractivity contribution in [3.8, 4) is 23.0 Å². The lowest BCUT2D eigenvalue weighted by Crippen LogP contribution is -2.36. The molecule has 1 amide bonds. The van der Waals surface area contributed by atoms with Crippen LogP contribution in [0.4, 0.5) is 11.4 Å². The van der Waals surface area contributed by atoms with Gasteiger partial charge in [-0.3, -0.25) is 9.59 Å². The third-order valence-corrected chi connectivity index (χ3v) is 4.94. The van der Waals surface area contributed by atoms with E-state index in [0.29, 0.717) is 36.2 Å². The molecule has 0 aliphatic heterocycles. The number of benzene rings is 2. The standard InChI is InChI=1S/C22H25Cl2N3O6/c1-6-32-14-8-9-18(33-7-2)17(10-14)27(24)22(29)21(13(3)28)26-25-16-11-15(23)19(30-4)12-20(16)31-5/h8-12,21H,6-7H2,1-5H3. The number of methoxy groups -OCH3 is 2. The van der Waals surface area contributed by atoms with Gasteiger partial charge in [-0.05, 0) is 39.0 Å². The Morgan fingerprint density at radius 2 is 1.67 bits per heavy atom. The first-order valence-corrected chi connectivity index (χ1v) is 10.7. The molecule has 0 spiro atoms. The smallest absolute Gasteiger partial charge is 0.276 e. The minimum atomic E-state index is -1.52. The average molecular weight is 498 g/mol. The predicted octanol–water partition coefficient (Wildman–Crippen LogP) is 5.38. The summed E-state index contributed by atoms with van der Waals surface area (Å²) in [5, 5.41) is 8.20. The molecule has 0 aliphatic carbocycles. The second-order valence-corrected chi connectivity index (χ2v) is 7.25. The maximum absolute atomic E-state index is 13.1. The summed E-state index contributed by atoms with van der Waals surface area (Å²) in [4.78, 5) is 25.4. The lowest BCUT2D eigenvalue weighted by molar-refractivity contribution is -0.126. The van der Waals surface area contributed by atoms with Crippen molar-refractivity contribution in [3.63, 3.8) is 0 Å². The van der Waals surface area contributed by atoms with Crippen LogP contribution in [0.15, 0.2) is 40.6 Å². The maximum Gasteiger partial charge on any atom is 0.276 e. The monoisotopic (exact) mass is 497 g/mol. The first-order chi connectivity index (χ1) is 15.8. The Hall–Kier alpha value is -3.04. The van der Waals surface area contributed by atoms with Crippen molar-refractivity contribution in [2.45, 2.75) is 26.8 Å². The molecule has 0 heterocycles. The highest BCUT2D eigenvalue weighted by atomic mass is 35.5. The molecule has 11 heteroatoms. The molecule has 1 unspecified atom stereocenters. The Labute approximate surface area is 202 Å². The normalized spacial score (nSPS) is 11.7. The zero-order chi connectivity index (χ0) is 24.5. The van der Waals surface area contributed by atoms with Gasteiger partial charge in [0.05, 0.1) is 32.5 Å². The first kappa shape index (κ1) is 26.2. The number of anilines is 1. The van der Waals surface area contributed by atoms with Gasteiger partial charge in [0.2, 0.25) is 6.04 Å². The van der Waals surface area contributed by atoms with Gasteiger partial charge in [-0.2, -0.15) is 10.2 Å². The number of azo groups is 1. The van der Waals surface area contributed by atoms with Crippen LogP contribution in [0.1, 0.15) is 20.8 Å². The van der Waals surface area contributed by atoms with Crippen LogP contribution in [0.25, 0.3) is 0 Å². The lowest BCUT2D eigenvalue weighted by atomic mass is 10.2. The SMILES string of the molecule is CCOc1ccc(OCC)c(N(Cl)C(=O)C(N=Nc2cc(Cl)c(OC)cc2OC)C(C)=O)c1. The third-order valence-electron chi connectivity index (χ3n) is 4.30. The summed E-state index contributed by atoms with van der Waals surface area (Å²) in [7, 11) is 2.88. The largest absolute Gasteiger partial charge is 0.495 e. The van der Waals surface area contributed by atoms with Crippen molar-refractivity contribution in [3.05, 3.63) is 35.4 Å². The van der Waals surface area contributed by atoms with Gasteiger partial charge in [-0.25, -0.2) is 4.42 Å². The summed E-state index contributed by atoms with van der Waals surface area (Å²) in [6, 6.07) is 6.30. The predicted molar refractivity (Wildman–Crippen MR) is 126 cm³/mol. The molecule has 9 nitrogen and oxygen atoms in total. The number of ketones is 1. The highest BCUT2D eigenvalue weighted by Crippen LogP contribution is 2.38. The molecular weight excluding hydrogens is 473 g/mol. The molecule has 0 fully saturated rings. The number of halogens is 2. The second-order valence-electron chi connectivity index (χ2n) is 6.50. The number of Topliss-reactive ketones (excluding diaryl/α,β-unsaturated/α-hetero) is 1. The van der Waals surface area contributed by atoms with Gasteiger partial charge in [0, 0.05) is 23.9 Å². The third kappa shape index (κ3) is 6.49. The van der Waals surface area contributed by atoms with E-state index in [9.17, 15) is 9.59 Å². The van der Waals surface area contributed by atoms with E-state index in [1.165, 1.54) is 33.3 Å². The Morgan fingerprint density at radius 3 is 2.24 bits per heavy atom. The molecule has 2 aromatic rings. The molecule has 33 heavy (non-hydrogen) atoms. The van der Waals surface area contributed by atoms with Gasteiger partial charge in [-0.1, -0.05) is 11.6 Å². The molecule has 0 saturated heterocycles. The van der Waals surface area contributed by atoms with Crippen LogP contribution in [-0.4, -0.2) is 45.2 Å². The number of carbonyl (C=O) groups is 2. The zero-order valence-corrected chi connectivity index (χ0v) is 20.4. The van der Waals surface area contributed by atoms with E-state index in [0.717, 1.165) is 4.42 Å². The van der Waals surface area contributed by atoms with Crippen LogP contribution in [0, 0.1) is 0 Å². The van der Waals surface area contributed by atoms with E-state index in [-0.39, 0.29) is 16.4 Å². The summed E-state index contributed by atoms with van der Waals surface area (Å²) >= 11 is 12.5. The Balaban J connectivity index is 2.41. The quantitative estimate of drug-likeness (QED) is 0.234. The fraction of sp³-hybridized carbons (Fsp3) is 0.364. The number of hydrogen-bond acceptors (Lipinski definition) is 8. The zero-order valence-electron chi connectivity index (χ0n) is 18.9. The van der Waals surface area contributed by atoms with Crippen molar-refractivity contribution in [2.24, 2.45) is 10.2 Å². The molecule has 0 aromatic heterocycles. The van der Waals surface area contributed by atoms with Crippen molar-refractivity contribution < 1.29 is 28.5 Å². The van der Waals surface area contributed by atoms with Crippen LogP contribution in [-0.2, 0) is 9.59 Å². The minimum absolute atomic E-state index is 0.205. The molecule has 0 radical (unpaired) electrons. The number of ether oxygens (including phenoxy) is 4. The summed E-state index contributed by atoms with van der Waals surface area (Å²) in [6.45, 7) is 5.59. The van der Waals surface area contributed by atoms with Crippen molar-refractivity contribution in [2.75, 3.05) is 31.9 Å². The summed E-state index contributed by atoms with van der Waals surface area (Å²) < 4.78 is 22.2. The van der Waals surface area contributed by atoms with Gasteiger partial charge in [-0.15, -0.1) is 0 Å². The molecule has 0 saturated carbocycles. The number of hydrogen-bond donors (Lipinski definition) is 0. The van der Waals surface area contributed by atoms with Crippen molar-refractivity contribution in [1.29, 1.82) is 0 Å². The van der Waals surface area contributed by atoms with Gasteiger partial charge in [0.25, 0.3) is 5.91 Å². The summed E-state index contributed by atoms with van der Waals surface area (Å²) in [6.07, 6.45) is 0. The number of carbonyl (C=O) groups excluding carboxylic acids is 2. The molecule has 0 bridgehead atoms. The van der Waals surface area contributed by atoms with E-state index >= 15 is 0 Å². The van der Waals surface area contributed by atoms with Gasteiger partial charge in [0.15, 0.2) is 5.78 Å². The molecule has 0 aliphatic rings. The number of amides is 1. The Kier molecular flexibility index (Phi) is 9.74. The van der Waals surface area contributed by atoms with Gasteiger partial charge < -0.3 is 18.9 Å². The molecule has 0 N–H and O–H groups in total. The lowest BCUT2D eigenvalue weighted by Gasteiger charge is -2.20. The summed E-state index contributed by atoms with van der Waals surface area (Å²) in [5.41, 5.74) is 0.415. The molecule has 178 valence electrons. The van der Waals surface area contributed by atoms with Crippen LogP contribution in [0.2, 0.25) is 5.02 Å². The molecular formula is C22H25Cl2N3O6. The number of rotatable bonds is 11. The van der Waals surface area contributed by atoms with E-state index in [4.69, 9.17) is 42.3 Å². The topological polar surface area (TPSA) is 99.0 Å². The van der Waals surface area contributed by atoms with Gasteiger partial charge in [0.1, 0.15) is 34.4 Å². The number of nitrogens with zero attached hydrogens (tertiary/aromatic N) is 3. The van der Waals surface area contributed by atoms with E-state index in [2.05, 4.69) is 10.2 Å². The van der Waals surface area contributed by atoms with E-state index in [1.54, 1.807) is 25.1 Å². The summed E-state index contributed by atoms with van der Waals surface area (Å²) in [5.74, 6) is 0.102. The van der Waals surface area contributed by atoms with Crippen LogP contribution in [0.5, 0.6) is 23.0 Å². The Bertz CT molecular complexity index is 1030. The fourth-order valence-corrected chi connectivity index (χ4v) is 3.22. The van der Waals surface area contributed by atoms with Crippen molar-refractivity contribution in [1.82, 2.24) is 0 Å². The first-order valence-electron chi connectivity index (χ1n) is 9.99. The van der Waals surface area contributed by atoms with Crippen molar-refractivity contribution >= 4 is 46.4 Å². The molecule has 2 aromatic carbocycles. The average Bonchev–Trinajstić information content (AvgIpc) is 2.79. The van der Waals surface area contributed by atoms with E-state index < -0.39 is 17.7 Å². The molecule has 1 atom stereocenters. The van der Waals surface area contributed by atoms with E-state index in [1.807, 2.05) is 6.92 Å². The maximum atomic E-state index is 13.1. The highest BCUT2D eigenvalue weighted by Gasteiger charge is 2.31. The second kappa shape index (κ2) is 12.3. The van der Waals surface area contributed by atoms with Crippen LogP contribution < -0.4 is 23.4 Å². The highest BCUT2D eigenvalue weighted by molar-refractivity contribution is 6.39. The van der Waals surface area contributed by atoms with Crippen LogP contribution in [0.3, 0.4) is 0 Å².